The third-order valence-electron chi connectivity index (χ3n) is 4.36. The van der Waals surface area contributed by atoms with E-state index in [1.165, 1.54) is 28.4 Å². The van der Waals surface area contributed by atoms with Crippen LogP contribution in [0.25, 0.3) is 10.2 Å². The Labute approximate surface area is 147 Å². The van der Waals surface area contributed by atoms with Gasteiger partial charge in [0.05, 0.1) is 11.1 Å². The van der Waals surface area contributed by atoms with Gasteiger partial charge in [-0.2, -0.15) is 4.73 Å². The van der Waals surface area contributed by atoms with Crippen LogP contribution in [-0.2, 0) is 18.6 Å². The van der Waals surface area contributed by atoms with Crippen LogP contribution in [0.1, 0.15) is 29.6 Å². The summed E-state index contributed by atoms with van der Waals surface area (Å²) in [5.74, 6) is 1.76. The molecule has 5 nitrogen and oxygen atoms in total. The lowest BCUT2D eigenvalue weighted by atomic mass is 9.89. The summed E-state index contributed by atoms with van der Waals surface area (Å²) < 4.78 is 0.826. The monoisotopic (exact) mass is 359 g/mol. The van der Waals surface area contributed by atoms with Crippen LogP contribution in [0.3, 0.4) is 0 Å². The molecule has 3 aromatic heterocycles. The molecule has 1 aliphatic carbocycles. The highest BCUT2D eigenvalue weighted by molar-refractivity contribution is 7.98. The van der Waals surface area contributed by atoms with E-state index in [4.69, 9.17) is 0 Å². The van der Waals surface area contributed by atoms with Crippen molar-refractivity contribution >= 4 is 33.3 Å². The molecule has 3 aromatic rings. The molecule has 7 heteroatoms. The summed E-state index contributed by atoms with van der Waals surface area (Å²) >= 11 is 3.02. The Hall–Kier alpha value is -1.86. The molecule has 1 aliphatic rings. The number of aromatic amines is 1. The van der Waals surface area contributed by atoms with Gasteiger partial charge in [0.2, 0.25) is 0 Å². The standard InChI is InChI=1S/C17H17N3O2S2/c1-10-5-6-11-12(8-10)24-17-15(11)16(21)18-13(19-17)9-23-14-4-2-3-7-20(14)22/h2-4,7,10H,5-6,8-9H2,1H3,(H,18,19,21). The van der Waals surface area contributed by atoms with Crippen LogP contribution < -0.4 is 10.3 Å². The number of hydrogen-bond acceptors (Lipinski definition) is 5. The van der Waals surface area contributed by atoms with Crippen LogP contribution in [0.15, 0.2) is 34.2 Å². The molecule has 124 valence electrons. The van der Waals surface area contributed by atoms with Gasteiger partial charge in [-0.25, -0.2) is 4.98 Å². The molecule has 0 radical (unpaired) electrons. The topological polar surface area (TPSA) is 72.7 Å². The van der Waals surface area contributed by atoms with E-state index in [1.807, 2.05) is 6.07 Å². The molecular formula is C17H17N3O2S2. The number of aromatic nitrogens is 3. The van der Waals surface area contributed by atoms with E-state index in [-0.39, 0.29) is 5.56 Å². The Kier molecular flexibility index (Phi) is 4.05. The number of fused-ring (bicyclic) bond motifs is 3. The molecule has 3 heterocycles. The number of pyridine rings is 1. The third kappa shape index (κ3) is 2.82. The number of rotatable bonds is 3. The first kappa shape index (κ1) is 15.7. The van der Waals surface area contributed by atoms with E-state index >= 15 is 0 Å². The molecule has 0 spiro atoms. The van der Waals surface area contributed by atoms with E-state index < -0.39 is 0 Å². The summed E-state index contributed by atoms with van der Waals surface area (Å²) in [6, 6.07) is 5.28. The van der Waals surface area contributed by atoms with Gasteiger partial charge in [0.25, 0.3) is 10.6 Å². The van der Waals surface area contributed by atoms with Crippen molar-refractivity contribution in [3.8, 4) is 0 Å². The first-order valence-electron chi connectivity index (χ1n) is 7.96. The average Bonchev–Trinajstić information content (AvgIpc) is 2.91. The van der Waals surface area contributed by atoms with Gasteiger partial charge in [0.15, 0.2) is 6.20 Å². The summed E-state index contributed by atoms with van der Waals surface area (Å²) in [6.45, 7) is 2.26. The zero-order valence-corrected chi connectivity index (χ0v) is 14.9. The van der Waals surface area contributed by atoms with Crippen molar-refractivity contribution in [2.75, 3.05) is 0 Å². The molecule has 1 N–H and O–H groups in total. The lowest BCUT2D eigenvalue weighted by Gasteiger charge is -2.17. The first-order valence-corrected chi connectivity index (χ1v) is 9.76. The number of nitrogens with zero attached hydrogens (tertiary/aromatic N) is 2. The van der Waals surface area contributed by atoms with E-state index in [9.17, 15) is 10.0 Å². The number of aryl methyl sites for hydroxylation is 1. The number of hydrogen-bond donors (Lipinski definition) is 1. The van der Waals surface area contributed by atoms with Gasteiger partial charge in [-0.15, -0.1) is 11.3 Å². The zero-order chi connectivity index (χ0) is 16.7. The van der Waals surface area contributed by atoms with Crippen LogP contribution in [0.5, 0.6) is 0 Å². The van der Waals surface area contributed by atoms with Crippen LogP contribution in [0, 0.1) is 11.1 Å². The van der Waals surface area contributed by atoms with Gasteiger partial charge in [0.1, 0.15) is 10.7 Å². The molecule has 0 bridgehead atoms. The molecule has 4 rings (SSSR count). The van der Waals surface area contributed by atoms with E-state index in [2.05, 4.69) is 16.9 Å². The largest absolute Gasteiger partial charge is 0.618 e. The number of thioether (sulfide) groups is 1. The Morgan fingerprint density at radius 1 is 1.50 bits per heavy atom. The predicted molar refractivity (Wildman–Crippen MR) is 96.4 cm³/mol. The average molecular weight is 359 g/mol. The minimum absolute atomic E-state index is 0.0503. The highest BCUT2D eigenvalue weighted by Crippen LogP contribution is 2.35. The maximum Gasteiger partial charge on any atom is 0.259 e. The van der Waals surface area contributed by atoms with Gasteiger partial charge in [-0.3, -0.25) is 4.79 Å². The highest BCUT2D eigenvalue weighted by atomic mass is 32.2. The van der Waals surface area contributed by atoms with Crippen molar-refractivity contribution in [3.05, 3.63) is 56.2 Å². The fraction of sp³-hybridized carbons (Fsp3) is 0.353. The second-order valence-corrected chi connectivity index (χ2v) is 8.28. The summed E-state index contributed by atoms with van der Waals surface area (Å²) in [5.41, 5.74) is 1.15. The number of H-pyrrole nitrogens is 1. The summed E-state index contributed by atoms with van der Waals surface area (Å²) in [6.07, 6.45) is 4.61. The van der Waals surface area contributed by atoms with Gasteiger partial charge in [-0.05, 0) is 48.6 Å². The molecule has 1 atom stereocenters. The molecule has 0 aliphatic heterocycles. The Bertz CT molecular complexity index is 964. The molecule has 0 saturated heterocycles. The minimum Gasteiger partial charge on any atom is -0.618 e. The normalized spacial score (nSPS) is 17.1. The van der Waals surface area contributed by atoms with Crippen molar-refractivity contribution in [1.29, 1.82) is 0 Å². The number of nitrogens with one attached hydrogen (secondary N) is 1. The lowest BCUT2D eigenvalue weighted by molar-refractivity contribution is -0.645. The number of thiophene rings is 1. The Morgan fingerprint density at radius 3 is 3.21 bits per heavy atom. The smallest absolute Gasteiger partial charge is 0.259 e. The van der Waals surface area contributed by atoms with Crippen molar-refractivity contribution in [3.63, 3.8) is 0 Å². The maximum absolute atomic E-state index is 12.5. The van der Waals surface area contributed by atoms with Crippen LogP contribution in [-0.4, -0.2) is 9.97 Å². The second kappa shape index (κ2) is 6.22. The Balaban J connectivity index is 1.66. The van der Waals surface area contributed by atoms with Crippen LogP contribution in [0.4, 0.5) is 0 Å². The third-order valence-corrected chi connectivity index (χ3v) is 6.54. The second-order valence-electron chi connectivity index (χ2n) is 6.20. The summed E-state index contributed by atoms with van der Waals surface area (Å²) in [4.78, 5) is 22.2. The van der Waals surface area contributed by atoms with Crippen molar-refractivity contribution in [2.45, 2.75) is 37.0 Å². The fourth-order valence-corrected chi connectivity index (χ4v) is 5.31. The maximum atomic E-state index is 12.5. The lowest BCUT2D eigenvalue weighted by Crippen LogP contribution is -2.27. The molecule has 0 saturated carbocycles. The van der Waals surface area contributed by atoms with Gasteiger partial charge in [0, 0.05) is 17.0 Å². The Morgan fingerprint density at radius 2 is 2.38 bits per heavy atom. The van der Waals surface area contributed by atoms with E-state index in [0.29, 0.717) is 22.5 Å². The minimum atomic E-state index is -0.0503. The molecule has 24 heavy (non-hydrogen) atoms. The zero-order valence-electron chi connectivity index (χ0n) is 13.2. The summed E-state index contributed by atoms with van der Waals surface area (Å²) in [7, 11) is 0. The van der Waals surface area contributed by atoms with Gasteiger partial charge < -0.3 is 10.2 Å². The summed E-state index contributed by atoms with van der Waals surface area (Å²) in [5, 5.41) is 13.1. The van der Waals surface area contributed by atoms with Crippen molar-refractivity contribution in [2.24, 2.45) is 5.92 Å². The highest BCUT2D eigenvalue weighted by Gasteiger charge is 2.23. The first-order chi connectivity index (χ1) is 11.6. The van der Waals surface area contributed by atoms with Crippen LogP contribution in [0.2, 0.25) is 0 Å². The SMILES string of the molecule is CC1CCc2c(sc3nc(CSc4cccc[n+]4[O-])[nH]c(=O)c23)C1. The predicted octanol–water partition coefficient (Wildman–Crippen LogP) is 3.04. The van der Waals surface area contributed by atoms with Gasteiger partial charge >= 0.3 is 0 Å². The van der Waals surface area contributed by atoms with Gasteiger partial charge in [-0.1, -0.05) is 6.92 Å². The molecule has 0 amide bonds. The molecular weight excluding hydrogens is 342 g/mol. The van der Waals surface area contributed by atoms with E-state index in [0.717, 1.165) is 34.2 Å². The van der Waals surface area contributed by atoms with Crippen LogP contribution >= 0.6 is 23.1 Å². The van der Waals surface area contributed by atoms with Crippen molar-refractivity contribution in [1.82, 2.24) is 9.97 Å². The van der Waals surface area contributed by atoms with Crippen molar-refractivity contribution < 1.29 is 4.73 Å². The molecule has 0 fully saturated rings. The quantitative estimate of drug-likeness (QED) is 0.443. The van der Waals surface area contributed by atoms with E-state index in [1.54, 1.807) is 23.5 Å². The fourth-order valence-electron chi connectivity index (χ4n) is 3.13. The molecule has 0 aromatic carbocycles. The molecule has 1 unspecified atom stereocenters.